The van der Waals surface area contributed by atoms with E-state index in [1.54, 1.807) is 24.4 Å². The number of nitrogens with zero attached hydrogens (tertiary/aromatic N) is 4. The molecule has 0 bridgehead atoms. The van der Waals surface area contributed by atoms with Crippen molar-refractivity contribution in [3.8, 4) is 0 Å². The van der Waals surface area contributed by atoms with Crippen molar-refractivity contribution in [2.75, 3.05) is 35.2 Å². The summed E-state index contributed by atoms with van der Waals surface area (Å²) in [6.45, 7) is 4.49. The summed E-state index contributed by atoms with van der Waals surface area (Å²) >= 11 is 0. The van der Waals surface area contributed by atoms with Crippen LogP contribution in [0.4, 0.5) is 33.3 Å². The second-order valence-corrected chi connectivity index (χ2v) is 8.99. The topological polar surface area (TPSA) is 89.2 Å². The highest BCUT2D eigenvalue weighted by Crippen LogP contribution is 2.24. The predicted octanol–water partition coefficient (Wildman–Crippen LogP) is 5.56. The van der Waals surface area contributed by atoms with Crippen molar-refractivity contribution in [1.29, 1.82) is 0 Å². The van der Waals surface area contributed by atoms with Gasteiger partial charge in [0.1, 0.15) is 17.5 Å². The predicted molar refractivity (Wildman–Crippen MR) is 144 cm³/mol. The third-order valence-corrected chi connectivity index (χ3v) is 6.52. The van der Waals surface area contributed by atoms with E-state index >= 15 is 0 Å². The van der Waals surface area contributed by atoms with Crippen LogP contribution in [-0.2, 0) is 0 Å². The van der Waals surface area contributed by atoms with Gasteiger partial charge in [-0.25, -0.2) is 9.37 Å². The summed E-state index contributed by atoms with van der Waals surface area (Å²) in [6, 6.07) is 19.5. The van der Waals surface area contributed by atoms with Crippen LogP contribution in [-0.4, -0.2) is 51.4 Å². The van der Waals surface area contributed by atoms with Crippen molar-refractivity contribution in [3.05, 3.63) is 90.5 Å². The summed E-state index contributed by atoms with van der Waals surface area (Å²) in [4.78, 5) is 29.6. The third-order valence-electron chi connectivity index (χ3n) is 6.52. The molecule has 8 nitrogen and oxygen atoms in total. The van der Waals surface area contributed by atoms with Gasteiger partial charge in [0.15, 0.2) is 0 Å². The van der Waals surface area contributed by atoms with Crippen molar-refractivity contribution in [1.82, 2.24) is 19.9 Å². The number of likely N-dealkylation sites (tertiary alicyclic amines) is 1. The minimum Gasteiger partial charge on any atom is -0.354 e. The van der Waals surface area contributed by atoms with E-state index in [9.17, 15) is 9.18 Å². The van der Waals surface area contributed by atoms with Gasteiger partial charge in [-0.15, -0.1) is 0 Å². The first-order chi connectivity index (χ1) is 18.1. The Kier molecular flexibility index (Phi) is 7.30. The van der Waals surface area contributed by atoms with Gasteiger partial charge in [0, 0.05) is 55.0 Å². The average molecular weight is 500 g/mol. The van der Waals surface area contributed by atoms with E-state index in [1.165, 1.54) is 12.1 Å². The molecule has 4 aromatic rings. The van der Waals surface area contributed by atoms with Crippen LogP contribution in [0.2, 0.25) is 0 Å². The van der Waals surface area contributed by atoms with Crippen molar-refractivity contribution in [3.63, 3.8) is 0 Å². The zero-order valence-electron chi connectivity index (χ0n) is 20.7. The van der Waals surface area contributed by atoms with Crippen LogP contribution in [0.5, 0.6) is 0 Å². The van der Waals surface area contributed by atoms with E-state index in [4.69, 9.17) is 0 Å². The van der Waals surface area contributed by atoms with Crippen LogP contribution < -0.4 is 15.5 Å². The molecular formula is C28H30FN7O. The lowest BCUT2D eigenvalue weighted by Crippen LogP contribution is -2.50. The molecule has 2 aromatic heterocycles. The summed E-state index contributed by atoms with van der Waals surface area (Å²) in [6.07, 6.45) is 5.61. The van der Waals surface area contributed by atoms with Crippen molar-refractivity contribution < 1.29 is 9.18 Å². The molecule has 1 amide bonds. The number of likely N-dealkylation sites (N-methyl/N-ethyl adjacent to an activating group) is 1. The number of aromatic nitrogens is 3. The van der Waals surface area contributed by atoms with E-state index in [0.717, 1.165) is 43.1 Å². The number of carbonyl (C=O) groups excluding carboxylic acids is 1. The number of anilines is 5. The van der Waals surface area contributed by atoms with Crippen LogP contribution in [0.15, 0.2) is 79.1 Å². The van der Waals surface area contributed by atoms with Gasteiger partial charge in [0.2, 0.25) is 5.95 Å². The zero-order valence-corrected chi connectivity index (χ0v) is 20.7. The normalized spacial score (nSPS) is 15.3. The molecule has 1 aliphatic rings. The lowest BCUT2D eigenvalue weighted by molar-refractivity contribution is 0.0706. The number of rotatable bonds is 8. The molecule has 1 saturated heterocycles. The van der Waals surface area contributed by atoms with Crippen LogP contribution in [0.25, 0.3) is 0 Å². The summed E-state index contributed by atoms with van der Waals surface area (Å²) < 4.78 is 13.1. The van der Waals surface area contributed by atoms with Crippen LogP contribution in [0, 0.1) is 5.82 Å². The number of benzene rings is 2. The van der Waals surface area contributed by atoms with E-state index in [1.807, 2.05) is 41.4 Å². The largest absolute Gasteiger partial charge is 0.354 e. The van der Waals surface area contributed by atoms with E-state index in [0.29, 0.717) is 23.9 Å². The first-order valence-electron chi connectivity index (χ1n) is 12.5. The second-order valence-electron chi connectivity index (χ2n) is 8.99. The highest BCUT2D eigenvalue weighted by atomic mass is 19.1. The second kappa shape index (κ2) is 11.1. The molecule has 37 heavy (non-hydrogen) atoms. The van der Waals surface area contributed by atoms with Gasteiger partial charge < -0.3 is 25.4 Å². The molecule has 3 heterocycles. The summed E-state index contributed by atoms with van der Waals surface area (Å²) in [5.41, 5.74) is 2.15. The quantitative estimate of drug-likeness (QED) is 0.294. The average Bonchev–Trinajstić information content (AvgIpc) is 3.46. The van der Waals surface area contributed by atoms with Gasteiger partial charge in [-0.1, -0.05) is 0 Å². The molecule has 0 radical (unpaired) electrons. The van der Waals surface area contributed by atoms with Crippen LogP contribution in [0.3, 0.4) is 0 Å². The van der Waals surface area contributed by atoms with Gasteiger partial charge in [0.05, 0.1) is 0 Å². The summed E-state index contributed by atoms with van der Waals surface area (Å²) in [5, 5.41) is 6.30. The molecule has 9 heteroatoms. The molecule has 0 spiro atoms. The first-order valence-corrected chi connectivity index (χ1v) is 12.5. The summed E-state index contributed by atoms with van der Waals surface area (Å²) in [7, 11) is 0. The van der Waals surface area contributed by atoms with Crippen molar-refractivity contribution in [2.24, 2.45) is 0 Å². The number of amides is 1. The Morgan fingerprint density at radius 2 is 1.84 bits per heavy atom. The number of aromatic amines is 1. The summed E-state index contributed by atoms with van der Waals surface area (Å²) in [5.74, 6) is 1.83. The Labute approximate surface area is 215 Å². The van der Waals surface area contributed by atoms with Crippen LogP contribution in [0.1, 0.15) is 30.1 Å². The number of halogens is 1. The molecule has 0 saturated carbocycles. The van der Waals surface area contributed by atoms with Crippen molar-refractivity contribution in [2.45, 2.75) is 25.8 Å². The third kappa shape index (κ3) is 5.88. The van der Waals surface area contributed by atoms with E-state index in [-0.39, 0.29) is 17.8 Å². The Balaban J connectivity index is 1.21. The number of H-pyrrole nitrogens is 1. The maximum Gasteiger partial charge on any atom is 0.253 e. The molecule has 0 aliphatic carbocycles. The van der Waals surface area contributed by atoms with Gasteiger partial charge in [-0.3, -0.25) is 4.79 Å². The van der Waals surface area contributed by atoms with Gasteiger partial charge in [-0.2, -0.15) is 4.98 Å². The fraction of sp³-hybridized carbons (Fsp3) is 0.250. The monoisotopic (exact) mass is 499 g/mol. The Morgan fingerprint density at radius 1 is 1.08 bits per heavy atom. The highest BCUT2D eigenvalue weighted by molar-refractivity contribution is 5.94. The molecule has 1 unspecified atom stereocenters. The molecular weight excluding hydrogens is 469 g/mol. The van der Waals surface area contributed by atoms with Gasteiger partial charge in [-0.05, 0) is 86.5 Å². The zero-order chi connectivity index (χ0) is 25.6. The molecule has 1 atom stereocenters. The molecule has 2 aromatic carbocycles. The maximum atomic E-state index is 13.3. The minimum atomic E-state index is -0.294. The number of piperidine rings is 1. The SMILES string of the molecule is CCN(c1ccc[nH]1)C1CCCN(C(=O)c2ccc(Nc3nccc(Nc4ccc(F)cc4)n3)cc2)C1. The Morgan fingerprint density at radius 3 is 2.57 bits per heavy atom. The first kappa shape index (κ1) is 24.3. The fourth-order valence-corrected chi connectivity index (χ4v) is 4.70. The van der Waals surface area contributed by atoms with Gasteiger partial charge in [0.25, 0.3) is 5.91 Å². The molecule has 190 valence electrons. The molecule has 3 N–H and O–H groups in total. The molecule has 5 rings (SSSR count). The molecule has 1 aliphatic heterocycles. The number of hydrogen-bond acceptors (Lipinski definition) is 6. The van der Waals surface area contributed by atoms with Crippen LogP contribution >= 0.6 is 0 Å². The highest BCUT2D eigenvalue weighted by Gasteiger charge is 2.28. The molecule has 1 fully saturated rings. The number of nitrogens with one attached hydrogen (secondary N) is 3. The van der Waals surface area contributed by atoms with Gasteiger partial charge >= 0.3 is 0 Å². The van der Waals surface area contributed by atoms with E-state index < -0.39 is 0 Å². The number of carbonyl (C=O) groups is 1. The minimum absolute atomic E-state index is 0.0422. The lowest BCUT2D eigenvalue weighted by Gasteiger charge is -2.39. The smallest absolute Gasteiger partial charge is 0.253 e. The van der Waals surface area contributed by atoms with Crippen molar-refractivity contribution >= 4 is 34.9 Å². The lowest BCUT2D eigenvalue weighted by atomic mass is 10.0. The Hall–Kier alpha value is -4.40. The van der Waals surface area contributed by atoms with E-state index in [2.05, 4.69) is 43.5 Å². The standard InChI is InChI=1S/C28H30FN7O/c1-2-36(26-6-3-16-30-26)24-5-4-18-35(19-24)27(37)20-7-11-23(12-8-20)33-28-31-17-15-25(34-28)32-22-13-9-21(29)10-14-22/h3,6-17,24,30H,2,4-5,18-19H2,1H3,(H2,31,32,33,34). The maximum absolute atomic E-state index is 13.3. The Bertz CT molecular complexity index is 1310. The number of hydrogen-bond donors (Lipinski definition) is 3. The fourth-order valence-electron chi connectivity index (χ4n) is 4.70.